The Morgan fingerprint density at radius 1 is 1.33 bits per heavy atom. The molecule has 1 N–H and O–H groups in total. The molecule has 112 valence electrons. The Morgan fingerprint density at radius 2 is 2.19 bits per heavy atom. The third-order valence-electron chi connectivity index (χ3n) is 6.39. The van der Waals surface area contributed by atoms with E-state index in [-0.39, 0.29) is 16.7 Å². The van der Waals surface area contributed by atoms with Crippen molar-refractivity contribution in [2.75, 3.05) is 13.7 Å². The molecular weight excluding hydrogens is 262 g/mol. The molecule has 1 aromatic rings. The number of ether oxygens (including phenoxy) is 1. The Morgan fingerprint density at radius 3 is 3.00 bits per heavy atom. The maximum atomic E-state index is 12.5. The third-order valence-corrected chi connectivity index (χ3v) is 6.39. The summed E-state index contributed by atoms with van der Waals surface area (Å²) in [5.41, 5.74) is 2.83. The zero-order valence-electron chi connectivity index (χ0n) is 12.9. The molecular formula is C18H23NO2. The zero-order valence-corrected chi connectivity index (χ0v) is 12.9. The Kier molecular flexibility index (Phi) is 2.66. The van der Waals surface area contributed by atoms with Crippen molar-refractivity contribution < 1.29 is 9.53 Å². The van der Waals surface area contributed by atoms with Crippen LogP contribution in [0.2, 0.25) is 0 Å². The number of benzene rings is 1. The van der Waals surface area contributed by atoms with Crippen molar-refractivity contribution in [3.8, 4) is 5.75 Å². The molecule has 1 saturated heterocycles. The molecule has 2 fully saturated rings. The number of aryl methyl sites for hydroxylation is 1. The molecule has 1 aromatic carbocycles. The van der Waals surface area contributed by atoms with Crippen LogP contribution in [0.1, 0.15) is 43.7 Å². The van der Waals surface area contributed by atoms with E-state index in [1.165, 1.54) is 17.5 Å². The van der Waals surface area contributed by atoms with Gasteiger partial charge < -0.3 is 10.1 Å². The molecule has 4 rings (SSSR count). The van der Waals surface area contributed by atoms with Crippen LogP contribution in [0.15, 0.2) is 18.2 Å². The summed E-state index contributed by atoms with van der Waals surface area (Å²) in [5.74, 6) is 1.69. The first-order chi connectivity index (χ1) is 10.1. The Labute approximate surface area is 126 Å². The molecule has 1 saturated carbocycles. The molecule has 3 nitrogen and oxygen atoms in total. The van der Waals surface area contributed by atoms with Gasteiger partial charge in [-0.2, -0.15) is 0 Å². The normalized spacial score (nSPS) is 37.2. The highest BCUT2D eigenvalue weighted by atomic mass is 16.5. The summed E-state index contributed by atoms with van der Waals surface area (Å²) < 4.78 is 5.45. The van der Waals surface area contributed by atoms with E-state index in [1.54, 1.807) is 7.11 Å². The van der Waals surface area contributed by atoms with Crippen molar-refractivity contribution in [1.82, 2.24) is 5.32 Å². The number of hydrogen-bond donors (Lipinski definition) is 1. The van der Waals surface area contributed by atoms with Crippen LogP contribution in [0, 0.1) is 11.3 Å². The molecule has 0 radical (unpaired) electrons. The number of piperidine rings is 1. The van der Waals surface area contributed by atoms with E-state index < -0.39 is 0 Å². The highest BCUT2D eigenvalue weighted by Gasteiger charge is 2.60. The minimum atomic E-state index is -0.183. The number of carbonyl (C=O) groups excluding carboxylic acids is 1. The maximum absolute atomic E-state index is 12.5. The summed E-state index contributed by atoms with van der Waals surface area (Å²) in [5, 5.41) is 3.21. The van der Waals surface area contributed by atoms with E-state index in [2.05, 4.69) is 30.4 Å². The van der Waals surface area contributed by atoms with Crippen LogP contribution in [-0.2, 0) is 16.6 Å². The molecule has 3 atom stereocenters. The fraction of sp³-hybridized carbons (Fsp3) is 0.611. The quantitative estimate of drug-likeness (QED) is 0.861. The van der Waals surface area contributed by atoms with E-state index in [0.29, 0.717) is 5.92 Å². The van der Waals surface area contributed by atoms with Gasteiger partial charge in [-0.3, -0.25) is 4.79 Å². The monoisotopic (exact) mass is 285 g/mol. The van der Waals surface area contributed by atoms with Gasteiger partial charge in [0.2, 0.25) is 5.91 Å². The van der Waals surface area contributed by atoms with Gasteiger partial charge in [0, 0.05) is 12.0 Å². The lowest BCUT2D eigenvalue weighted by Gasteiger charge is -2.59. The predicted octanol–water partition coefficient (Wildman–Crippen LogP) is 2.82. The van der Waals surface area contributed by atoms with Crippen LogP contribution < -0.4 is 10.1 Å². The maximum Gasteiger partial charge on any atom is 0.226 e. The molecule has 3 heteroatoms. The van der Waals surface area contributed by atoms with E-state index >= 15 is 0 Å². The summed E-state index contributed by atoms with van der Waals surface area (Å²) in [6, 6.07) is 6.52. The predicted molar refractivity (Wildman–Crippen MR) is 81.5 cm³/mol. The van der Waals surface area contributed by atoms with Crippen molar-refractivity contribution in [2.24, 2.45) is 11.3 Å². The Bertz CT molecular complexity index is 611. The van der Waals surface area contributed by atoms with Gasteiger partial charge in [0.25, 0.3) is 0 Å². The van der Waals surface area contributed by atoms with Gasteiger partial charge in [0.05, 0.1) is 12.5 Å². The van der Waals surface area contributed by atoms with Crippen molar-refractivity contribution in [3.63, 3.8) is 0 Å². The second-order valence-electron chi connectivity index (χ2n) is 7.22. The van der Waals surface area contributed by atoms with Crippen LogP contribution in [0.25, 0.3) is 0 Å². The van der Waals surface area contributed by atoms with Crippen molar-refractivity contribution >= 4 is 5.91 Å². The van der Waals surface area contributed by atoms with Crippen LogP contribution in [0.3, 0.4) is 0 Å². The SMILES string of the molecule is COc1ccc2c(c1)[C@@]13CCC[C@@](C)(C(=O)NC1)[C@H]3CC2. The van der Waals surface area contributed by atoms with Crippen LogP contribution in [-0.4, -0.2) is 19.6 Å². The number of amides is 1. The van der Waals surface area contributed by atoms with E-state index in [4.69, 9.17) is 4.74 Å². The van der Waals surface area contributed by atoms with Crippen LogP contribution >= 0.6 is 0 Å². The summed E-state index contributed by atoms with van der Waals surface area (Å²) in [6.45, 7) is 2.98. The first-order valence-corrected chi connectivity index (χ1v) is 8.06. The molecule has 2 bridgehead atoms. The molecule has 3 aliphatic rings. The van der Waals surface area contributed by atoms with Gasteiger partial charge in [-0.15, -0.1) is 0 Å². The van der Waals surface area contributed by atoms with Crippen LogP contribution in [0.4, 0.5) is 0 Å². The first-order valence-electron chi connectivity index (χ1n) is 8.06. The lowest BCUT2D eigenvalue weighted by molar-refractivity contribution is -0.146. The number of nitrogens with one attached hydrogen (secondary N) is 1. The fourth-order valence-corrected chi connectivity index (χ4v) is 5.33. The standard InChI is InChI=1S/C18H23NO2/c1-17-8-3-9-18(11-19-16(17)20)14-10-13(21-2)6-4-12(14)5-7-15(17)18/h4,6,10,15H,3,5,7-9,11H2,1-2H3,(H,19,20)/t15-,17-,18-/m1/s1. The van der Waals surface area contributed by atoms with Crippen LogP contribution in [0.5, 0.6) is 5.75 Å². The van der Waals surface area contributed by atoms with E-state index in [9.17, 15) is 4.79 Å². The average molecular weight is 285 g/mol. The number of rotatable bonds is 1. The van der Waals surface area contributed by atoms with Gasteiger partial charge in [0.15, 0.2) is 0 Å². The van der Waals surface area contributed by atoms with Crippen molar-refractivity contribution in [3.05, 3.63) is 29.3 Å². The topological polar surface area (TPSA) is 38.3 Å². The van der Waals surface area contributed by atoms with Crippen molar-refractivity contribution in [2.45, 2.75) is 44.4 Å². The number of fused-ring (bicyclic) bond motifs is 1. The highest BCUT2D eigenvalue weighted by Crippen LogP contribution is 2.59. The number of hydrogen-bond acceptors (Lipinski definition) is 2. The minimum absolute atomic E-state index is 0.128. The lowest BCUT2D eigenvalue weighted by atomic mass is 9.47. The highest BCUT2D eigenvalue weighted by molar-refractivity contribution is 5.84. The number of carbonyl (C=O) groups is 1. The summed E-state index contributed by atoms with van der Waals surface area (Å²) in [6.07, 6.45) is 5.60. The molecule has 0 aromatic heterocycles. The first kappa shape index (κ1) is 13.2. The molecule has 1 heterocycles. The molecule has 1 aliphatic heterocycles. The average Bonchev–Trinajstić information content (AvgIpc) is 2.51. The van der Waals surface area contributed by atoms with Crippen molar-refractivity contribution in [1.29, 1.82) is 0 Å². The van der Waals surface area contributed by atoms with E-state index in [1.807, 2.05) is 0 Å². The minimum Gasteiger partial charge on any atom is -0.497 e. The molecule has 1 amide bonds. The molecule has 21 heavy (non-hydrogen) atoms. The van der Waals surface area contributed by atoms with E-state index in [0.717, 1.165) is 38.0 Å². The second-order valence-corrected chi connectivity index (χ2v) is 7.22. The zero-order chi connectivity index (χ0) is 14.7. The second kappa shape index (κ2) is 4.25. The summed E-state index contributed by atoms with van der Waals surface area (Å²) in [4.78, 5) is 12.5. The molecule has 0 unspecified atom stereocenters. The Hall–Kier alpha value is -1.51. The Balaban J connectivity index is 1.90. The van der Waals surface area contributed by atoms with Gasteiger partial charge in [0.1, 0.15) is 5.75 Å². The summed E-state index contributed by atoms with van der Waals surface area (Å²) in [7, 11) is 1.73. The van der Waals surface area contributed by atoms with Gasteiger partial charge in [-0.05, 0) is 54.9 Å². The summed E-state index contributed by atoms with van der Waals surface area (Å²) >= 11 is 0. The van der Waals surface area contributed by atoms with Gasteiger partial charge >= 0.3 is 0 Å². The molecule has 2 aliphatic carbocycles. The van der Waals surface area contributed by atoms with Gasteiger partial charge in [-0.25, -0.2) is 0 Å². The van der Waals surface area contributed by atoms with Gasteiger partial charge in [-0.1, -0.05) is 19.4 Å². The fourth-order valence-electron chi connectivity index (χ4n) is 5.33. The molecule has 0 spiro atoms. The largest absolute Gasteiger partial charge is 0.497 e. The number of methoxy groups -OCH3 is 1. The third kappa shape index (κ3) is 1.58. The lowest BCUT2D eigenvalue weighted by Crippen LogP contribution is -2.65. The smallest absolute Gasteiger partial charge is 0.226 e.